The maximum Gasteiger partial charge on any atom is 0.0482 e. The first-order valence-corrected chi connectivity index (χ1v) is 12.1. The van der Waals surface area contributed by atoms with E-state index in [-0.39, 0.29) is 5.41 Å². The Hall–Kier alpha value is -2.60. The molecule has 31 heavy (non-hydrogen) atoms. The van der Waals surface area contributed by atoms with Gasteiger partial charge in [-0.3, -0.25) is 0 Å². The molecule has 162 valence electrons. The molecule has 0 aliphatic heterocycles. The predicted molar refractivity (Wildman–Crippen MR) is 136 cm³/mol. The van der Waals surface area contributed by atoms with Gasteiger partial charge in [0.05, 0.1) is 0 Å². The van der Waals surface area contributed by atoms with E-state index in [1.807, 2.05) is 0 Å². The van der Waals surface area contributed by atoms with Gasteiger partial charge in [0.2, 0.25) is 0 Å². The first-order chi connectivity index (χ1) is 15.3. The molecule has 0 aliphatic carbocycles. The summed E-state index contributed by atoms with van der Waals surface area (Å²) in [5.74, 6) is 0.461. The lowest BCUT2D eigenvalue weighted by Crippen LogP contribution is -2.38. The van der Waals surface area contributed by atoms with E-state index in [0.717, 1.165) is 6.42 Å². The van der Waals surface area contributed by atoms with E-state index < -0.39 is 0 Å². The van der Waals surface area contributed by atoms with Crippen molar-refractivity contribution in [3.8, 4) is 0 Å². The standard InChI is InChI=1S/C31H38/c1-3-5-6-7-8-12-20-27(19-4-2)31(28-21-13-9-14-22-28,29-23-15-10-16-24-29)30-25-17-11-18-26-30/h4,9-11,13-18,21-27H,2-3,5-8,12,19-20H2,1H3. The highest BCUT2D eigenvalue weighted by atomic mass is 14.4. The molecule has 0 radical (unpaired) electrons. The van der Waals surface area contributed by atoms with Gasteiger partial charge < -0.3 is 0 Å². The van der Waals surface area contributed by atoms with Crippen molar-refractivity contribution in [1.82, 2.24) is 0 Å². The Bertz CT molecular complexity index is 767. The molecular weight excluding hydrogens is 372 g/mol. The third-order valence-electron chi connectivity index (χ3n) is 6.66. The van der Waals surface area contributed by atoms with Gasteiger partial charge in [0, 0.05) is 5.41 Å². The number of benzene rings is 3. The molecule has 1 unspecified atom stereocenters. The van der Waals surface area contributed by atoms with Crippen molar-refractivity contribution in [2.45, 2.75) is 63.7 Å². The number of rotatable bonds is 13. The molecule has 0 heterocycles. The van der Waals surface area contributed by atoms with Crippen LogP contribution in [0.2, 0.25) is 0 Å². The maximum absolute atomic E-state index is 4.16. The molecule has 0 fully saturated rings. The van der Waals surface area contributed by atoms with E-state index in [2.05, 4.69) is 111 Å². The summed E-state index contributed by atoms with van der Waals surface area (Å²) in [7, 11) is 0. The highest BCUT2D eigenvalue weighted by Crippen LogP contribution is 2.48. The summed E-state index contributed by atoms with van der Waals surface area (Å²) < 4.78 is 0. The fourth-order valence-corrected chi connectivity index (χ4v) is 5.19. The zero-order valence-electron chi connectivity index (χ0n) is 19.2. The SMILES string of the molecule is C=CCC(CCCCCCCC)C(c1ccccc1)(c1ccccc1)c1ccccc1. The van der Waals surface area contributed by atoms with Crippen molar-refractivity contribution >= 4 is 0 Å². The topological polar surface area (TPSA) is 0 Å². The van der Waals surface area contributed by atoms with Crippen molar-refractivity contribution in [3.05, 3.63) is 120 Å². The van der Waals surface area contributed by atoms with Gasteiger partial charge in [0.15, 0.2) is 0 Å². The smallest absolute Gasteiger partial charge is 0.0482 e. The number of hydrogen-bond donors (Lipinski definition) is 0. The van der Waals surface area contributed by atoms with Crippen LogP contribution >= 0.6 is 0 Å². The Kier molecular flexibility index (Phi) is 9.16. The van der Waals surface area contributed by atoms with Crippen LogP contribution in [0.15, 0.2) is 104 Å². The highest BCUT2D eigenvalue weighted by molar-refractivity contribution is 5.51. The van der Waals surface area contributed by atoms with E-state index in [1.165, 1.54) is 61.6 Å². The zero-order chi connectivity index (χ0) is 21.8. The van der Waals surface area contributed by atoms with E-state index >= 15 is 0 Å². The zero-order valence-corrected chi connectivity index (χ0v) is 19.2. The molecule has 3 aromatic rings. The summed E-state index contributed by atoms with van der Waals surface area (Å²) in [5.41, 5.74) is 3.96. The summed E-state index contributed by atoms with van der Waals surface area (Å²) in [6.45, 7) is 6.45. The summed E-state index contributed by atoms with van der Waals surface area (Å²) in [6.07, 6.45) is 12.3. The molecule has 0 saturated heterocycles. The van der Waals surface area contributed by atoms with Crippen LogP contribution in [-0.2, 0) is 5.41 Å². The molecule has 3 aromatic carbocycles. The van der Waals surface area contributed by atoms with Crippen molar-refractivity contribution in [3.63, 3.8) is 0 Å². The molecule has 0 spiro atoms. The van der Waals surface area contributed by atoms with Crippen LogP contribution in [-0.4, -0.2) is 0 Å². The second-order valence-electron chi connectivity index (χ2n) is 8.68. The molecule has 0 heteroatoms. The minimum absolute atomic E-state index is 0.179. The summed E-state index contributed by atoms with van der Waals surface area (Å²) in [4.78, 5) is 0. The first kappa shape index (κ1) is 23.1. The molecule has 0 saturated carbocycles. The molecular formula is C31H38. The lowest BCUT2D eigenvalue weighted by atomic mass is 9.59. The van der Waals surface area contributed by atoms with Gasteiger partial charge in [-0.1, -0.05) is 143 Å². The van der Waals surface area contributed by atoms with Crippen LogP contribution in [0.3, 0.4) is 0 Å². The van der Waals surface area contributed by atoms with Crippen LogP contribution in [0, 0.1) is 5.92 Å². The Labute approximate surface area is 190 Å². The van der Waals surface area contributed by atoms with Gasteiger partial charge in [0.25, 0.3) is 0 Å². The van der Waals surface area contributed by atoms with Crippen LogP contribution in [0.5, 0.6) is 0 Å². The summed E-state index contributed by atoms with van der Waals surface area (Å²) in [6, 6.07) is 33.4. The van der Waals surface area contributed by atoms with E-state index in [0.29, 0.717) is 5.92 Å². The van der Waals surface area contributed by atoms with E-state index in [4.69, 9.17) is 0 Å². The third-order valence-corrected chi connectivity index (χ3v) is 6.66. The summed E-state index contributed by atoms with van der Waals surface area (Å²) in [5, 5.41) is 0. The number of hydrogen-bond acceptors (Lipinski definition) is 0. The Balaban J connectivity index is 2.07. The van der Waals surface area contributed by atoms with Gasteiger partial charge in [-0.25, -0.2) is 0 Å². The molecule has 0 N–H and O–H groups in total. The van der Waals surface area contributed by atoms with Crippen LogP contribution in [0.1, 0.15) is 75.0 Å². The average Bonchev–Trinajstić information content (AvgIpc) is 2.84. The first-order valence-electron chi connectivity index (χ1n) is 12.1. The van der Waals surface area contributed by atoms with Crippen molar-refractivity contribution in [1.29, 1.82) is 0 Å². The Morgan fingerprint density at radius 1 is 0.645 bits per heavy atom. The lowest BCUT2D eigenvalue weighted by Gasteiger charge is -2.43. The van der Waals surface area contributed by atoms with Crippen LogP contribution < -0.4 is 0 Å². The van der Waals surface area contributed by atoms with Crippen molar-refractivity contribution in [2.24, 2.45) is 5.92 Å². The molecule has 0 nitrogen and oxygen atoms in total. The van der Waals surface area contributed by atoms with Crippen LogP contribution in [0.25, 0.3) is 0 Å². The highest BCUT2D eigenvalue weighted by Gasteiger charge is 2.42. The second kappa shape index (κ2) is 12.3. The third kappa shape index (κ3) is 5.56. The number of allylic oxidation sites excluding steroid dienone is 1. The molecule has 0 aliphatic rings. The second-order valence-corrected chi connectivity index (χ2v) is 8.68. The minimum Gasteiger partial charge on any atom is -0.103 e. The normalized spacial score (nSPS) is 12.4. The Morgan fingerprint density at radius 2 is 1.06 bits per heavy atom. The Morgan fingerprint density at radius 3 is 1.48 bits per heavy atom. The minimum atomic E-state index is -0.179. The monoisotopic (exact) mass is 410 g/mol. The van der Waals surface area contributed by atoms with E-state index in [9.17, 15) is 0 Å². The molecule has 0 bridgehead atoms. The average molecular weight is 411 g/mol. The van der Waals surface area contributed by atoms with Gasteiger partial charge in [-0.05, 0) is 35.4 Å². The molecule has 0 amide bonds. The summed E-state index contributed by atoms with van der Waals surface area (Å²) >= 11 is 0. The lowest BCUT2D eigenvalue weighted by molar-refractivity contribution is 0.336. The molecule has 1 atom stereocenters. The fourth-order valence-electron chi connectivity index (χ4n) is 5.19. The predicted octanol–water partition coefficient (Wildman–Crippen LogP) is 8.96. The molecule has 0 aromatic heterocycles. The van der Waals surface area contributed by atoms with Gasteiger partial charge >= 0.3 is 0 Å². The number of unbranched alkanes of at least 4 members (excludes halogenated alkanes) is 5. The van der Waals surface area contributed by atoms with Gasteiger partial charge in [-0.2, -0.15) is 0 Å². The maximum atomic E-state index is 4.16. The van der Waals surface area contributed by atoms with Crippen molar-refractivity contribution < 1.29 is 0 Å². The van der Waals surface area contributed by atoms with Gasteiger partial charge in [-0.15, -0.1) is 6.58 Å². The largest absolute Gasteiger partial charge is 0.103 e. The van der Waals surface area contributed by atoms with E-state index in [1.54, 1.807) is 0 Å². The van der Waals surface area contributed by atoms with Crippen LogP contribution in [0.4, 0.5) is 0 Å². The fraction of sp³-hybridized carbons (Fsp3) is 0.355. The quantitative estimate of drug-likeness (QED) is 0.150. The molecule has 3 rings (SSSR count). The van der Waals surface area contributed by atoms with Crippen molar-refractivity contribution in [2.75, 3.05) is 0 Å². The van der Waals surface area contributed by atoms with Gasteiger partial charge in [0.1, 0.15) is 0 Å².